The number of likely N-dealkylation sites (tertiary alicyclic amines) is 1. The molecule has 1 saturated carbocycles. The van der Waals surface area contributed by atoms with Gasteiger partial charge in [0, 0.05) is 12.1 Å². The molecule has 2 aliphatic rings. The topological polar surface area (TPSA) is 29.3 Å². The molecule has 1 saturated heterocycles. The van der Waals surface area contributed by atoms with E-state index in [2.05, 4.69) is 18.7 Å². The molecule has 1 unspecified atom stereocenters. The van der Waals surface area contributed by atoms with Crippen LogP contribution in [0.15, 0.2) is 0 Å². The SMILES string of the molecule is CC1(C)CCC(CN)(N2CCCCCC2)C1. The molecule has 1 heterocycles. The van der Waals surface area contributed by atoms with Crippen molar-refractivity contribution >= 4 is 0 Å². The fourth-order valence-corrected chi connectivity index (χ4v) is 3.76. The first-order valence-electron chi connectivity index (χ1n) is 7.03. The average Bonchev–Trinajstić information content (AvgIpc) is 2.47. The maximum atomic E-state index is 6.13. The standard InChI is InChI=1S/C14H28N2/c1-13(2)7-8-14(11-13,12-15)16-9-5-3-4-6-10-16/h3-12,15H2,1-2H3. The summed E-state index contributed by atoms with van der Waals surface area (Å²) in [5.74, 6) is 0. The molecule has 0 radical (unpaired) electrons. The minimum atomic E-state index is 0.341. The van der Waals surface area contributed by atoms with Gasteiger partial charge in [-0.05, 0) is 50.6 Å². The molecule has 0 aromatic rings. The van der Waals surface area contributed by atoms with E-state index in [0.717, 1.165) is 6.54 Å². The minimum Gasteiger partial charge on any atom is -0.329 e. The molecule has 94 valence electrons. The maximum Gasteiger partial charge on any atom is 0.0337 e. The first kappa shape index (κ1) is 12.4. The van der Waals surface area contributed by atoms with Gasteiger partial charge in [-0.25, -0.2) is 0 Å². The van der Waals surface area contributed by atoms with Crippen molar-refractivity contribution in [1.82, 2.24) is 4.90 Å². The van der Waals surface area contributed by atoms with Crippen LogP contribution in [-0.2, 0) is 0 Å². The van der Waals surface area contributed by atoms with E-state index in [0.29, 0.717) is 11.0 Å². The summed E-state index contributed by atoms with van der Waals surface area (Å²) < 4.78 is 0. The van der Waals surface area contributed by atoms with Gasteiger partial charge in [0.25, 0.3) is 0 Å². The molecule has 0 amide bonds. The van der Waals surface area contributed by atoms with Crippen molar-refractivity contribution in [2.24, 2.45) is 11.1 Å². The van der Waals surface area contributed by atoms with Gasteiger partial charge in [-0.3, -0.25) is 4.90 Å². The summed E-state index contributed by atoms with van der Waals surface area (Å²) in [6.07, 6.45) is 9.55. The number of hydrogen-bond donors (Lipinski definition) is 1. The molecule has 0 aromatic carbocycles. The highest BCUT2D eigenvalue weighted by Gasteiger charge is 2.45. The molecule has 1 aliphatic heterocycles. The Hall–Kier alpha value is -0.0800. The van der Waals surface area contributed by atoms with Crippen LogP contribution >= 0.6 is 0 Å². The summed E-state index contributed by atoms with van der Waals surface area (Å²) in [7, 11) is 0. The Labute approximate surface area is 101 Å². The molecule has 1 aliphatic carbocycles. The fourth-order valence-electron chi connectivity index (χ4n) is 3.76. The Balaban J connectivity index is 2.08. The van der Waals surface area contributed by atoms with Crippen molar-refractivity contribution in [3.8, 4) is 0 Å². The van der Waals surface area contributed by atoms with Crippen LogP contribution in [0.4, 0.5) is 0 Å². The normalized spacial score (nSPS) is 36.2. The average molecular weight is 224 g/mol. The maximum absolute atomic E-state index is 6.13. The van der Waals surface area contributed by atoms with Gasteiger partial charge in [0.05, 0.1) is 0 Å². The quantitative estimate of drug-likeness (QED) is 0.781. The van der Waals surface area contributed by atoms with E-state index in [-0.39, 0.29) is 0 Å². The molecule has 2 nitrogen and oxygen atoms in total. The third-order valence-electron chi connectivity index (χ3n) is 4.73. The van der Waals surface area contributed by atoms with Crippen molar-refractivity contribution in [1.29, 1.82) is 0 Å². The highest BCUT2D eigenvalue weighted by Crippen LogP contribution is 2.46. The van der Waals surface area contributed by atoms with Crippen LogP contribution in [0.5, 0.6) is 0 Å². The lowest BCUT2D eigenvalue weighted by Gasteiger charge is -2.41. The summed E-state index contributed by atoms with van der Waals surface area (Å²) in [6.45, 7) is 8.24. The largest absolute Gasteiger partial charge is 0.329 e. The van der Waals surface area contributed by atoms with Crippen LogP contribution < -0.4 is 5.73 Å². The van der Waals surface area contributed by atoms with E-state index < -0.39 is 0 Å². The first-order valence-corrected chi connectivity index (χ1v) is 7.03. The zero-order valence-corrected chi connectivity index (χ0v) is 11.1. The van der Waals surface area contributed by atoms with E-state index in [4.69, 9.17) is 5.73 Å². The molecule has 16 heavy (non-hydrogen) atoms. The number of nitrogens with zero attached hydrogens (tertiary/aromatic N) is 1. The van der Waals surface area contributed by atoms with E-state index in [1.165, 1.54) is 58.0 Å². The molecule has 0 aromatic heterocycles. The van der Waals surface area contributed by atoms with E-state index in [9.17, 15) is 0 Å². The van der Waals surface area contributed by atoms with Crippen LogP contribution in [0.2, 0.25) is 0 Å². The first-order chi connectivity index (χ1) is 7.58. The summed E-state index contributed by atoms with van der Waals surface area (Å²) in [5, 5.41) is 0. The van der Waals surface area contributed by atoms with Gasteiger partial charge in [0.15, 0.2) is 0 Å². The van der Waals surface area contributed by atoms with Crippen molar-refractivity contribution in [2.75, 3.05) is 19.6 Å². The Morgan fingerprint density at radius 2 is 1.62 bits per heavy atom. The van der Waals surface area contributed by atoms with E-state index in [1.807, 2.05) is 0 Å². The zero-order valence-electron chi connectivity index (χ0n) is 11.1. The zero-order chi connectivity index (χ0) is 11.6. The lowest BCUT2D eigenvalue weighted by molar-refractivity contribution is 0.0926. The third-order valence-corrected chi connectivity index (χ3v) is 4.73. The van der Waals surface area contributed by atoms with Crippen molar-refractivity contribution in [2.45, 2.75) is 64.3 Å². The Morgan fingerprint density at radius 1 is 1.00 bits per heavy atom. The predicted octanol–water partition coefficient (Wildman–Crippen LogP) is 2.77. The number of nitrogens with two attached hydrogens (primary N) is 1. The second-order valence-electron chi connectivity index (χ2n) is 6.67. The van der Waals surface area contributed by atoms with Crippen LogP contribution in [0, 0.1) is 5.41 Å². The van der Waals surface area contributed by atoms with E-state index >= 15 is 0 Å². The van der Waals surface area contributed by atoms with Gasteiger partial charge in [0.1, 0.15) is 0 Å². The molecule has 2 rings (SSSR count). The summed E-state index contributed by atoms with van der Waals surface area (Å²) in [4.78, 5) is 2.73. The minimum absolute atomic E-state index is 0.341. The van der Waals surface area contributed by atoms with Crippen molar-refractivity contribution in [3.63, 3.8) is 0 Å². The van der Waals surface area contributed by atoms with Gasteiger partial charge in [-0.1, -0.05) is 26.7 Å². The Kier molecular flexibility index (Phi) is 3.60. The molecule has 2 fully saturated rings. The van der Waals surface area contributed by atoms with Gasteiger partial charge >= 0.3 is 0 Å². The third kappa shape index (κ3) is 2.43. The molecular weight excluding hydrogens is 196 g/mol. The Bertz CT molecular complexity index is 229. The summed E-state index contributed by atoms with van der Waals surface area (Å²) in [6, 6.07) is 0. The lowest BCUT2D eigenvalue weighted by atomic mass is 9.86. The smallest absolute Gasteiger partial charge is 0.0337 e. The van der Waals surface area contributed by atoms with Crippen molar-refractivity contribution < 1.29 is 0 Å². The molecule has 0 spiro atoms. The molecular formula is C14H28N2. The van der Waals surface area contributed by atoms with Gasteiger partial charge in [-0.15, -0.1) is 0 Å². The summed E-state index contributed by atoms with van der Waals surface area (Å²) in [5.41, 5.74) is 6.98. The molecule has 2 heteroatoms. The summed E-state index contributed by atoms with van der Waals surface area (Å²) >= 11 is 0. The number of hydrogen-bond acceptors (Lipinski definition) is 2. The highest BCUT2D eigenvalue weighted by molar-refractivity contribution is 5.02. The Morgan fingerprint density at radius 3 is 2.06 bits per heavy atom. The van der Waals surface area contributed by atoms with Crippen LogP contribution in [0.25, 0.3) is 0 Å². The molecule has 2 N–H and O–H groups in total. The molecule has 1 atom stereocenters. The monoisotopic (exact) mass is 224 g/mol. The predicted molar refractivity (Wildman–Crippen MR) is 69.5 cm³/mol. The van der Waals surface area contributed by atoms with Crippen molar-refractivity contribution in [3.05, 3.63) is 0 Å². The van der Waals surface area contributed by atoms with Gasteiger partial charge in [-0.2, -0.15) is 0 Å². The van der Waals surface area contributed by atoms with Gasteiger partial charge < -0.3 is 5.73 Å². The van der Waals surface area contributed by atoms with E-state index in [1.54, 1.807) is 0 Å². The van der Waals surface area contributed by atoms with Gasteiger partial charge in [0.2, 0.25) is 0 Å². The highest BCUT2D eigenvalue weighted by atomic mass is 15.2. The molecule has 0 bridgehead atoms. The lowest BCUT2D eigenvalue weighted by Crippen LogP contribution is -2.53. The second kappa shape index (κ2) is 4.66. The fraction of sp³-hybridized carbons (Fsp3) is 1.00. The van der Waals surface area contributed by atoms with Crippen LogP contribution in [-0.4, -0.2) is 30.1 Å². The number of rotatable bonds is 2. The van der Waals surface area contributed by atoms with Crippen LogP contribution in [0.1, 0.15) is 58.8 Å². The van der Waals surface area contributed by atoms with Crippen LogP contribution in [0.3, 0.4) is 0 Å². The second-order valence-corrected chi connectivity index (χ2v) is 6.67.